The molecule has 1 heterocycles. The van der Waals surface area contributed by atoms with Crippen LogP contribution in [0.1, 0.15) is 36.3 Å². The number of hydrogen-bond acceptors (Lipinski definition) is 3. The van der Waals surface area contributed by atoms with Crippen molar-refractivity contribution in [1.82, 2.24) is 9.88 Å². The van der Waals surface area contributed by atoms with Gasteiger partial charge in [0.05, 0.1) is 5.52 Å². The third-order valence-electron chi connectivity index (χ3n) is 3.83. The summed E-state index contributed by atoms with van der Waals surface area (Å²) < 4.78 is 0. The number of carboxylic acids is 1. The lowest BCUT2D eigenvalue weighted by Crippen LogP contribution is -2.42. The standard InChI is InChI=1S/C17H20N2O3/c1-4-12(3)19(10-16(20)21)17(22)15-9-11(2)13-7-5-6-8-14(13)18-15/h5-9,12H,4,10H2,1-3H3,(H,20,21)/t12-/m0/s1. The van der Waals surface area contributed by atoms with Gasteiger partial charge in [-0.25, -0.2) is 4.98 Å². The topological polar surface area (TPSA) is 70.5 Å². The maximum atomic E-state index is 12.7. The van der Waals surface area contributed by atoms with Crippen LogP contribution in [0, 0.1) is 6.92 Å². The van der Waals surface area contributed by atoms with Gasteiger partial charge in [0.15, 0.2) is 0 Å². The lowest BCUT2D eigenvalue weighted by Gasteiger charge is -2.26. The molecule has 5 heteroatoms. The fourth-order valence-corrected chi connectivity index (χ4v) is 2.40. The van der Waals surface area contributed by atoms with Gasteiger partial charge in [-0.15, -0.1) is 0 Å². The fraction of sp³-hybridized carbons (Fsp3) is 0.353. The van der Waals surface area contributed by atoms with Crippen molar-refractivity contribution < 1.29 is 14.7 Å². The lowest BCUT2D eigenvalue weighted by atomic mass is 10.1. The number of benzene rings is 1. The van der Waals surface area contributed by atoms with Crippen LogP contribution in [0.3, 0.4) is 0 Å². The van der Waals surface area contributed by atoms with Gasteiger partial charge in [-0.1, -0.05) is 25.1 Å². The molecule has 0 bridgehead atoms. The third kappa shape index (κ3) is 3.24. The second-order valence-corrected chi connectivity index (χ2v) is 5.43. The summed E-state index contributed by atoms with van der Waals surface area (Å²) in [6.07, 6.45) is 0.686. The average molecular weight is 300 g/mol. The van der Waals surface area contributed by atoms with Gasteiger partial charge in [-0.2, -0.15) is 0 Å². The Kier molecular flexibility index (Phi) is 4.75. The molecular weight excluding hydrogens is 280 g/mol. The van der Waals surface area contributed by atoms with Crippen molar-refractivity contribution in [3.63, 3.8) is 0 Å². The first-order valence-corrected chi connectivity index (χ1v) is 7.33. The number of carbonyl (C=O) groups is 2. The van der Waals surface area contributed by atoms with E-state index in [9.17, 15) is 9.59 Å². The lowest BCUT2D eigenvalue weighted by molar-refractivity contribution is -0.138. The smallest absolute Gasteiger partial charge is 0.323 e. The Morgan fingerprint density at radius 1 is 1.32 bits per heavy atom. The minimum Gasteiger partial charge on any atom is -0.480 e. The number of carbonyl (C=O) groups excluding carboxylic acids is 1. The average Bonchev–Trinajstić information content (AvgIpc) is 2.51. The molecule has 0 aliphatic heterocycles. The number of para-hydroxylation sites is 1. The molecule has 1 N–H and O–H groups in total. The number of aliphatic carboxylic acids is 1. The Balaban J connectivity index is 2.44. The normalized spacial score (nSPS) is 12.1. The molecule has 2 aromatic rings. The van der Waals surface area contributed by atoms with Crippen LogP contribution in [0.5, 0.6) is 0 Å². The molecule has 1 atom stereocenters. The zero-order valence-corrected chi connectivity index (χ0v) is 13.0. The number of hydrogen-bond donors (Lipinski definition) is 1. The highest BCUT2D eigenvalue weighted by Crippen LogP contribution is 2.19. The molecule has 0 radical (unpaired) electrons. The van der Waals surface area contributed by atoms with Crippen LogP contribution in [0.15, 0.2) is 30.3 Å². The Morgan fingerprint density at radius 2 is 2.00 bits per heavy atom. The minimum atomic E-state index is -1.02. The van der Waals surface area contributed by atoms with Gasteiger partial charge >= 0.3 is 5.97 Å². The summed E-state index contributed by atoms with van der Waals surface area (Å²) in [4.78, 5) is 29.5. The first kappa shape index (κ1) is 15.9. The van der Waals surface area contributed by atoms with E-state index in [0.717, 1.165) is 16.5 Å². The van der Waals surface area contributed by atoms with E-state index < -0.39 is 5.97 Å². The molecule has 0 aliphatic carbocycles. The van der Waals surface area contributed by atoms with Gasteiger partial charge in [0.1, 0.15) is 12.2 Å². The van der Waals surface area contributed by atoms with Crippen molar-refractivity contribution in [2.24, 2.45) is 0 Å². The van der Waals surface area contributed by atoms with Crippen LogP contribution < -0.4 is 0 Å². The van der Waals surface area contributed by atoms with E-state index in [0.29, 0.717) is 6.42 Å². The molecule has 22 heavy (non-hydrogen) atoms. The molecule has 1 aromatic carbocycles. The Bertz CT molecular complexity index is 712. The SMILES string of the molecule is CC[C@H](C)N(CC(=O)O)C(=O)c1cc(C)c2ccccc2n1. The van der Waals surface area contributed by atoms with Gasteiger partial charge in [-0.05, 0) is 38.0 Å². The van der Waals surface area contributed by atoms with E-state index in [-0.39, 0.29) is 24.2 Å². The highest BCUT2D eigenvalue weighted by Gasteiger charge is 2.24. The van der Waals surface area contributed by atoms with Crippen LogP contribution in [-0.2, 0) is 4.79 Å². The zero-order valence-electron chi connectivity index (χ0n) is 13.0. The van der Waals surface area contributed by atoms with Crippen molar-refractivity contribution in [2.45, 2.75) is 33.2 Å². The number of aryl methyl sites for hydroxylation is 1. The first-order chi connectivity index (χ1) is 10.4. The van der Waals surface area contributed by atoms with Crippen molar-refractivity contribution in [1.29, 1.82) is 0 Å². The summed E-state index contributed by atoms with van der Waals surface area (Å²) in [6.45, 7) is 5.37. The highest BCUT2D eigenvalue weighted by atomic mass is 16.4. The van der Waals surface area contributed by atoms with Crippen LogP contribution in [0.25, 0.3) is 10.9 Å². The summed E-state index contributed by atoms with van der Waals surface area (Å²) in [7, 11) is 0. The maximum absolute atomic E-state index is 12.7. The number of carboxylic acid groups (broad SMARTS) is 1. The van der Waals surface area contributed by atoms with Gasteiger partial charge in [0, 0.05) is 11.4 Å². The molecule has 0 saturated heterocycles. The maximum Gasteiger partial charge on any atom is 0.323 e. The Morgan fingerprint density at radius 3 is 2.64 bits per heavy atom. The van der Waals surface area contributed by atoms with Crippen molar-refractivity contribution in [2.75, 3.05) is 6.54 Å². The summed E-state index contributed by atoms with van der Waals surface area (Å²) in [6, 6.07) is 9.17. The van der Waals surface area contributed by atoms with E-state index in [1.54, 1.807) is 6.07 Å². The molecule has 0 saturated carbocycles. The first-order valence-electron chi connectivity index (χ1n) is 7.33. The molecule has 0 spiro atoms. The fourth-order valence-electron chi connectivity index (χ4n) is 2.40. The van der Waals surface area contributed by atoms with E-state index >= 15 is 0 Å². The second kappa shape index (κ2) is 6.56. The van der Waals surface area contributed by atoms with E-state index in [1.165, 1.54) is 4.90 Å². The highest BCUT2D eigenvalue weighted by molar-refractivity contribution is 5.97. The van der Waals surface area contributed by atoms with Crippen LogP contribution in [0.4, 0.5) is 0 Å². The molecule has 5 nitrogen and oxygen atoms in total. The third-order valence-corrected chi connectivity index (χ3v) is 3.83. The molecular formula is C17H20N2O3. The number of rotatable bonds is 5. The van der Waals surface area contributed by atoms with Gasteiger partial charge < -0.3 is 10.0 Å². The number of pyridine rings is 1. The minimum absolute atomic E-state index is 0.155. The van der Waals surface area contributed by atoms with Crippen molar-refractivity contribution in [3.8, 4) is 0 Å². The molecule has 1 amide bonds. The summed E-state index contributed by atoms with van der Waals surface area (Å²) in [5, 5.41) is 10.0. The zero-order chi connectivity index (χ0) is 16.3. The summed E-state index contributed by atoms with van der Waals surface area (Å²) >= 11 is 0. The number of fused-ring (bicyclic) bond motifs is 1. The van der Waals surface area contributed by atoms with E-state index in [1.807, 2.05) is 45.0 Å². The number of amides is 1. The molecule has 116 valence electrons. The Hall–Kier alpha value is -2.43. The molecule has 0 unspecified atom stereocenters. The van der Waals surface area contributed by atoms with Crippen molar-refractivity contribution in [3.05, 3.63) is 41.6 Å². The van der Waals surface area contributed by atoms with Crippen LogP contribution >= 0.6 is 0 Å². The summed E-state index contributed by atoms with van der Waals surface area (Å²) in [5.74, 6) is -1.36. The van der Waals surface area contributed by atoms with Crippen LogP contribution in [-0.4, -0.2) is 39.5 Å². The molecule has 2 rings (SSSR count). The second-order valence-electron chi connectivity index (χ2n) is 5.43. The molecule has 1 aromatic heterocycles. The monoisotopic (exact) mass is 300 g/mol. The largest absolute Gasteiger partial charge is 0.480 e. The van der Waals surface area contributed by atoms with Crippen LogP contribution in [0.2, 0.25) is 0 Å². The van der Waals surface area contributed by atoms with Gasteiger partial charge in [-0.3, -0.25) is 9.59 Å². The van der Waals surface area contributed by atoms with E-state index in [2.05, 4.69) is 4.98 Å². The predicted octanol–water partition coefficient (Wildman–Crippen LogP) is 2.87. The Labute approximate surface area is 129 Å². The quantitative estimate of drug-likeness (QED) is 0.921. The van der Waals surface area contributed by atoms with Crippen molar-refractivity contribution >= 4 is 22.8 Å². The van der Waals surface area contributed by atoms with Gasteiger partial charge in [0.2, 0.25) is 0 Å². The van der Waals surface area contributed by atoms with Gasteiger partial charge in [0.25, 0.3) is 5.91 Å². The number of aromatic nitrogens is 1. The molecule has 0 aliphatic rings. The summed E-state index contributed by atoms with van der Waals surface area (Å²) in [5.41, 5.74) is 1.98. The number of nitrogens with zero attached hydrogens (tertiary/aromatic N) is 2. The molecule has 0 fully saturated rings. The van der Waals surface area contributed by atoms with E-state index in [4.69, 9.17) is 5.11 Å². The predicted molar refractivity (Wildman–Crippen MR) is 84.9 cm³/mol.